The number of fused-ring (bicyclic) bond motifs is 1. The lowest BCUT2D eigenvalue weighted by molar-refractivity contribution is -0.142. The number of aromatic nitrogens is 3. The monoisotopic (exact) mass is 432 g/mol. The fourth-order valence-electron chi connectivity index (χ4n) is 3.35. The summed E-state index contributed by atoms with van der Waals surface area (Å²) >= 11 is 5.90. The molecule has 0 unspecified atom stereocenters. The third-order valence-electron chi connectivity index (χ3n) is 5.03. The fourth-order valence-corrected chi connectivity index (χ4v) is 3.51. The molecule has 0 bridgehead atoms. The summed E-state index contributed by atoms with van der Waals surface area (Å²) in [5, 5.41) is 2.50. The number of pyridine rings is 1. The van der Waals surface area contributed by atoms with Gasteiger partial charge >= 0.3 is 5.97 Å². The number of hydrogen-bond acceptors (Lipinski definition) is 5. The number of H-pyrrole nitrogens is 1. The van der Waals surface area contributed by atoms with Crippen LogP contribution in [0.2, 0.25) is 5.02 Å². The minimum Gasteiger partial charge on any atom is -0.467 e. The van der Waals surface area contributed by atoms with Gasteiger partial charge in [-0.25, -0.2) is 14.2 Å². The first-order valence-corrected chi connectivity index (χ1v) is 9.66. The molecule has 4 rings (SSSR count). The van der Waals surface area contributed by atoms with E-state index >= 15 is 0 Å². The molecule has 30 heavy (non-hydrogen) atoms. The highest BCUT2D eigenvalue weighted by molar-refractivity contribution is 6.31. The summed E-state index contributed by atoms with van der Waals surface area (Å²) < 4.78 is 20.6. The number of ether oxygens (including phenoxy) is 1. The molecule has 1 aromatic carbocycles. The van der Waals surface area contributed by atoms with Crippen molar-refractivity contribution in [3.05, 3.63) is 63.2 Å². The van der Waals surface area contributed by atoms with Gasteiger partial charge in [-0.3, -0.25) is 9.59 Å². The number of carbonyl (C=O) groups is 2. The molecule has 1 fully saturated rings. The second kappa shape index (κ2) is 7.91. The Morgan fingerprint density at radius 2 is 2.20 bits per heavy atom. The van der Waals surface area contributed by atoms with Gasteiger partial charge in [-0.15, -0.1) is 0 Å². The number of aromatic amines is 1. The van der Waals surface area contributed by atoms with Gasteiger partial charge in [0.25, 0.3) is 5.91 Å². The number of benzene rings is 1. The van der Waals surface area contributed by atoms with Crippen molar-refractivity contribution in [2.24, 2.45) is 0 Å². The molecule has 2 heterocycles. The van der Waals surface area contributed by atoms with Crippen LogP contribution in [0.3, 0.4) is 0 Å². The number of esters is 1. The third kappa shape index (κ3) is 3.80. The summed E-state index contributed by atoms with van der Waals surface area (Å²) in [4.78, 5) is 44.8. The molecule has 2 aromatic heterocycles. The van der Waals surface area contributed by atoms with E-state index in [1.54, 1.807) is 4.57 Å². The van der Waals surface area contributed by atoms with Gasteiger partial charge in [0.1, 0.15) is 17.4 Å². The second-order valence-electron chi connectivity index (χ2n) is 7.12. The molecule has 1 saturated carbocycles. The molecule has 10 heteroatoms. The molecule has 1 amide bonds. The maximum Gasteiger partial charge on any atom is 0.328 e. The number of nitrogens with one attached hydrogen (secondary N) is 2. The predicted octanol–water partition coefficient (Wildman–Crippen LogP) is 2.37. The van der Waals surface area contributed by atoms with Crippen LogP contribution in [0.1, 0.15) is 34.9 Å². The van der Waals surface area contributed by atoms with Crippen LogP contribution in [0.25, 0.3) is 10.9 Å². The molecule has 1 aliphatic carbocycles. The molecule has 0 spiro atoms. The molecule has 1 atom stereocenters. The van der Waals surface area contributed by atoms with Gasteiger partial charge in [0.2, 0.25) is 5.43 Å². The lowest BCUT2D eigenvalue weighted by Crippen LogP contribution is -2.44. The average Bonchev–Trinajstić information content (AvgIpc) is 3.44. The van der Waals surface area contributed by atoms with Crippen molar-refractivity contribution in [1.29, 1.82) is 0 Å². The Balaban J connectivity index is 1.73. The Kier molecular flexibility index (Phi) is 5.29. The Hall–Kier alpha value is -3.20. The van der Waals surface area contributed by atoms with E-state index in [1.165, 1.54) is 31.9 Å². The van der Waals surface area contributed by atoms with Crippen LogP contribution in [0.15, 0.2) is 35.6 Å². The molecule has 2 N–H and O–H groups in total. The number of carbonyl (C=O) groups excluding carboxylic acids is 2. The summed E-state index contributed by atoms with van der Waals surface area (Å²) in [7, 11) is 1.21. The summed E-state index contributed by atoms with van der Waals surface area (Å²) in [5.41, 5.74) is 0.249. The Bertz CT molecular complexity index is 1190. The highest BCUT2D eigenvalue weighted by Crippen LogP contribution is 2.37. The molecule has 156 valence electrons. The van der Waals surface area contributed by atoms with Gasteiger partial charge in [-0.1, -0.05) is 11.6 Å². The molecular formula is C20H18ClFN4O4. The molecule has 0 saturated heterocycles. The van der Waals surface area contributed by atoms with Crippen LogP contribution < -0.4 is 10.7 Å². The number of hydrogen-bond donors (Lipinski definition) is 2. The standard InChI is InChI=1S/C20H18ClFN4O4/c1-30-20(29)16(4-10-7-23-9-24-10)25-19(28)13-8-26(11-2-3-11)17-6-14(21)15(22)5-12(17)18(13)27/h5-9,11,16H,2-4H2,1H3,(H,23,24)(H,25,28)/t16-/m0/s1. The highest BCUT2D eigenvalue weighted by Gasteiger charge is 2.29. The van der Waals surface area contributed by atoms with E-state index in [2.05, 4.69) is 15.3 Å². The first kappa shape index (κ1) is 20.1. The van der Waals surface area contributed by atoms with Crippen molar-refractivity contribution in [2.75, 3.05) is 7.11 Å². The number of imidazole rings is 1. The molecule has 3 aromatic rings. The normalized spacial score (nSPS) is 14.5. The molecular weight excluding hydrogens is 415 g/mol. The van der Waals surface area contributed by atoms with E-state index in [1.807, 2.05) is 0 Å². The maximum atomic E-state index is 14.0. The lowest BCUT2D eigenvalue weighted by Gasteiger charge is -2.17. The lowest BCUT2D eigenvalue weighted by atomic mass is 10.1. The number of rotatable bonds is 6. The fraction of sp³-hybridized carbons (Fsp3) is 0.300. The first-order chi connectivity index (χ1) is 14.4. The van der Waals surface area contributed by atoms with Crippen LogP contribution in [0.5, 0.6) is 0 Å². The zero-order valence-corrected chi connectivity index (χ0v) is 16.7. The number of methoxy groups -OCH3 is 1. The molecule has 8 nitrogen and oxygen atoms in total. The van der Waals surface area contributed by atoms with Crippen LogP contribution in [-0.4, -0.2) is 39.6 Å². The minimum absolute atomic E-state index is 0.0552. The third-order valence-corrected chi connectivity index (χ3v) is 5.32. The molecule has 1 aliphatic rings. The van der Waals surface area contributed by atoms with E-state index in [-0.39, 0.29) is 28.4 Å². The van der Waals surface area contributed by atoms with E-state index in [0.717, 1.165) is 18.9 Å². The smallest absolute Gasteiger partial charge is 0.328 e. The zero-order valence-electron chi connectivity index (χ0n) is 15.9. The SMILES string of the molecule is COC(=O)[C@H](Cc1cnc[nH]1)NC(=O)c1cn(C2CC2)c2cc(Cl)c(F)cc2c1=O. The number of nitrogens with zero attached hydrogens (tertiary/aromatic N) is 2. The average molecular weight is 433 g/mol. The second-order valence-corrected chi connectivity index (χ2v) is 7.53. The van der Waals surface area contributed by atoms with Crippen LogP contribution >= 0.6 is 11.6 Å². The van der Waals surface area contributed by atoms with Crippen molar-refractivity contribution < 1.29 is 18.7 Å². The summed E-state index contributed by atoms with van der Waals surface area (Å²) in [5.74, 6) is -2.16. The van der Waals surface area contributed by atoms with Gasteiger partial charge in [-0.05, 0) is 25.0 Å². The zero-order chi connectivity index (χ0) is 21.4. The van der Waals surface area contributed by atoms with Gasteiger partial charge in [0, 0.05) is 35.9 Å². The van der Waals surface area contributed by atoms with Crippen molar-refractivity contribution in [3.8, 4) is 0 Å². The van der Waals surface area contributed by atoms with E-state index in [0.29, 0.717) is 11.2 Å². The van der Waals surface area contributed by atoms with Crippen molar-refractivity contribution in [2.45, 2.75) is 31.3 Å². The largest absolute Gasteiger partial charge is 0.467 e. The molecule has 0 radical (unpaired) electrons. The highest BCUT2D eigenvalue weighted by atomic mass is 35.5. The van der Waals surface area contributed by atoms with E-state index in [9.17, 15) is 18.8 Å². The molecule has 0 aliphatic heterocycles. The predicted molar refractivity (Wildman–Crippen MR) is 107 cm³/mol. The van der Waals surface area contributed by atoms with Crippen LogP contribution in [-0.2, 0) is 16.0 Å². The summed E-state index contributed by atoms with van der Waals surface area (Å²) in [6.07, 6.45) is 6.26. The van der Waals surface area contributed by atoms with Crippen molar-refractivity contribution in [1.82, 2.24) is 19.9 Å². The van der Waals surface area contributed by atoms with E-state index < -0.39 is 29.2 Å². The van der Waals surface area contributed by atoms with Crippen molar-refractivity contribution in [3.63, 3.8) is 0 Å². The number of amides is 1. The quantitative estimate of drug-likeness (QED) is 0.582. The Labute approximate surface area is 175 Å². The van der Waals surface area contributed by atoms with Crippen LogP contribution in [0.4, 0.5) is 4.39 Å². The number of halogens is 2. The topological polar surface area (TPSA) is 106 Å². The minimum atomic E-state index is -1.03. The van der Waals surface area contributed by atoms with E-state index in [4.69, 9.17) is 16.3 Å². The van der Waals surface area contributed by atoms with Gasteiger partial charge in [0.15, 0.2) is 0 Å². The Morgan fingerprint density at radius 3 is 2.83 bits per heavy atom. The van der Waals surface area contributed by atoms with Gasteiger partial charge in [-0.2, -0.15) is 0 Å². The first-order valence-electron chi connectivity index (χ1n) is 9.29. The Morgan fingerprint density at radius 1 is 1.43 bits per heavy atom. The van der Waals surface area contributed by atoms with Gasteiger partial charge in [0.05, 0.1) is 24.0 Å². The van der Waals surface area contributed by atoms with Crippen LogP contribution in [0, 0.1) is 5.82 Å². The summed E-state index contributed by atoms with van der Waals surface area (Å²) in [6.45, 7) is 0. The summed E-state index contributed by atoms with van der Waals surface area (Å²) in [6, 6.07) is 1.50. The van der Waals surface area contributed by atoms with Gasteiger partial charge < -0.3 is 19.6 Å². The van der Waals surface area contributed by atoms with Crippen molar-refractivity contribution >= 4 is 34.4 Å². The maximum absolute atomic E-state index is 14.0.